The lowest BCUT2D eigenvalue weighted by atomic mass is 10.2. The molecule has 2 heterocycles. The summed E-state index contributed by atoms with van der Waals surface area (Å²) in [6.07, 6.45) is 0.875. The maximum absolute atomic E-state index is 13.0. The lowest BCUT2D eigenvalue weighted by Crippen LogP contribution is -2.30. The number of rotatable bonds is 3. The number of hydrogen-bond donors (Lipinski definition) is 1. The normalized spacial score (nSPS) is 12.8. The first-order chi connectivity index (χ1) is 12.6. The van der Waals surface area contributed by atoms with E-state index in [4.69, 9.17) is 0 Å². The van der Waals surface area contributed by atoms with Gasteiger partial charge in [-0.3, -0.25) is 4.79 Å². The fourth-order valence-electron chi connectivity index (χ4n) is 3.28. The monoisotopic (exact) mass is 344 g/mol. The van der Waals surface area contributed by atoms with E-state index < -0.39 is 0 Å². The van der Waals surface area contributed by atoms with E-state index in [1.165, 1.54) is 5.56 Å². The largest absolute Gasteiger partial charge is 0.340 e. The zero-order valence-corrected chi connectivity index (χ0v) is 14.9. The molecule has 130 valence electrons. The van der Waals surface area contributed by atoms with Crippen molar-refractivity contribution < 1.29 is 4.79 Å². The second kappa shape index (κ2) is 6.59. The Morgan fingerprint density at radius 2 is 1.81 bits per heavy atom. The zero-order chi connectivity index (χ0) is 18.1. The van der Waals surface area contributed by atoms with Crippen molar-refractivity contribution in [3.8, 4) is 0 Å². The van der Waals surface area contributed by atoms with E-state index in [1.807, 2.05) is 49.4 Å². The molecule has 0 atom stereocenters. The molecule has 0 radical (unpaired) electrons. The Morgan fingerprint density at radius 3 is 2.65 bits per heavy atom. The lowest BCUT2D eigenvalue weighted by Gasteiger charge is -2.17. The van der Waals surface area contributed by atoms with Crippen molar-refractivity contribution in [2.45, 2.75) is 20.3 Å². The predicted molar refractivity (Wildman–Crippen MR) is 103 cm³/mol. The molecule has 0 unspecified atom stereocenters. The van der Waals surface area contributed by atoms with Crippen LogP contribution in [0.3, 0.4) is 0 Å². The average Bonchev–Trinajstić information content (AvgIpc) is 3.07. The van der Waals surface area contributed by atoms with E-state index in [0.29, 0.717) is 23.9 Å². The summed E-state index contributed by atoms with van der Waals surface area (Å²) in [5.41, 5.74) is 4.66. The number of benzene rings is 2. The summed E-state index contributed by atoms with van der Waals surface area (Å²) in [7, 11) is 0. The molecule has 0 saturated carbocycles. The molecule has 0 spiro atoms. The summed E-state index contributed by atoms with van der Waals surface area (Å²) in [6, 6.07) is 17.7. The molecule has 0 fully saturated rings. The summed E-state index contributed by atoms with van der Waals surface area (Å²) in [5.74, 6) is 1.11. The number of nitrogens with zero attached hydrogens (tertiary/aromatic N) is 3. The average molecular weight is 344 g/mol. The quantitative estimate of drug-likeness (QED) is 0.779. The third-order valence-electron chi connectivity index (χ3n) is 4.60. The fourth-order valence-corrected chi connectivity index (χ4v) is 3.28. The summed E-state index contributed by atoms with van der Waals surface area (Å²) < 4.78 is 0. The molecule has 3 aromatic rings. The van der Waals surface area contributed by atoms with Crippen molar-refractivity contribution in [2.24, 2.45) is 0 Å². The number of carbonyl (C=O) groups is 1. The number of fused-ring (bicyclic) bond motifs is 1. The SMILES string of the molecule is Cc1nc(Nc2ccccc2C)cc(C(=O)N2CCc3ccccc32)n1. The maximum atomic E-state index is 13.0. The summed E-state index contributed by atoms with van der Waals surface area (Å²) in [6.45, 7) is 4.52. The smallest absolute Gasteiger partial charge is 0.277 e. The Hall–Kier alpha value is -3.21. The van der Waals surface area contributed by atoms with Gasteiger partial charge in [0.15, 0.2) is 0 Å². The second-order valence-electron chi connectivity index (χ2n) is 6.46. The van der Waals surface area contributed by atoms with E-state index >= 15 is 0 Å². The third kappa shape index (κ3) is 3.04. The number of carbonyl (C=O) groups excluding carboxylic acids is 1. The highest BCUT2D eigenvalue weighted by atomic mass is 16.2. The van der Waals surface area contributed by atoms with Crippen LogP contribution in [-0.4, -0.2) is 22.4 Å². The van der Waals surface area contributed by atoms with Gasteiger partial charge < -0.3 is 10.2 Å². The van der Waals surface area contributed by atoms with Crippen molar-refractivity contribution in [1.82, 2.24) is 9.97 Å². The van der Waals surface area contributed by atoms with E-state index in [2.05, 4.69) is 21.4 Å². The molecule has 1 aromatic heterocycles. The molecule has 1 aliphatic rings. The van der Waals surface area contributed by atoms with Crippen LogP contribution < -0.4 is 10.2 Å². The number of hydrogen-bond acceptors (Lipinski definition) is 4. The minimum atomic E-state index is -0.0896. The van der Waals surface area contributed by atoms with Gasteiger partial charge in [-0.1, -0.05) is 36.4 Å². The Kier molecular flexibility index (Phi) is 4.13. The second-order valence-corrected chi connectivity index (χ2v) is 6.46. The van der Waals surface area contributed by atoms with Crippen LogP contribution in [0.25, 0.3) is 0 Å². The Bertz CT molecular complexity index is 983. The molecule has 4 rings (SSSR count). The molecule has 0 bridgehead atoms. The molecular weight excluding hydrogens is 324 g/mol. The van der Waals surface area contributed by atoms with E-state index in [1.54, 1.807) is 17.9 Å². The summed E-state index contributed by atoms with van der Waals surface area (Å²) in [5, 5.41) is 3.30. The molecule has 0 aliphatic carbocycles. The summed E-state index contributed by atoms with van der Waals surface area (Å²) in [4.78, 5) is 23.6. The van der Waals surface area contributed by atoms with Crippen LogP contribution in [-0.2, 0) is 6.42 Å². The molecule has 1 N–H and O–H groups in total. The van der Waals surface area contributed by atoms with Crippen molar-refractivity contribution >= 4 is 23.1 Å². The molecule has 2 aromatic carbocycles. The van der Waals surface area contributed by atoms with Crippen LogP contribution in [0.2, 0.25) is 0 Å². The molecule has 26 heavy (non-hydrogen) atoms. The molecule has 1 amide bonds. The van der Waals surface area contributed by atoms with Gasteiger partial charge in [-0.2, -0.15) is 0 Å². The number of anilines is 3. The van der Waals surface area contributed by atoms with Gasteiger partial charge >= 0.3 is 0 Å². The van der Waals surface area contributed by atoms with Crippen LogP contribution in [0.15, 0.2) is 54.6 Å². The van der Waals surface area contributed by atoms with Crippen LogP contribution >= 0.6 is 0 Å². The Balaban J connectivity index is 1.64. The van der Waals surface area contributed by atoms with Crippen molar-refractivity contribution in [1.29, 1.82) is 0 Å². The van der Waals surface area contributed by atoms with Crippen molar-refractivity contribution in [3.05, 3.63) is 77.2 Å². The van der Waals surface area contributed by atoms with Crippen molar-refractivity contribution in [3.63, 3.8) is 0 Å². The first-order valence-corrected chi connectivity index (χ1v) is 8.70. The number of aryl methyl sites for hydroxylation is 2. The highest BCUT2D eigenvalue weighted by Gasteiger charge is 2.26. The topological polar surface area (TPSA) is 58.1 Å². The molecule has 5 nitrogen and oxygen atoms in total. The first kappa shape index (κ1) is 16.3. The number of nitrogens with one attached hydrogen (secondary N) is 1. The van der Waals surface area contributed by atoms with Gasteiger partial charge in [0.25, 0.3) is 5.91 Å². The van der Waals surface area contributed by atoms with Gasteiger partial charge in [0.1, 0.15) is 17.3 Å². The van der Waals surface area contributed by atoms with Gasteiger partial charge in [-0.05, 0) is 43.5 Å². The Labute approximate surface area is 152 Å². The van der Waals surface area contributed by atoms with Crippen molar-refractivity contribution in [2.75, 3.05) is 16.8 Å². The van der Waals surface area contributed by atoms with Gasteiger partial charge in [-0.25, -0.2) is 9.97 Å². The zero-order valence-electron chi connectivity index (χ0n) is 14.9. The fraction of sp³-hybridized carbons (Fsp3) is 0.190. The molecule has 5 heteroatoms. The minimum absolute atomic E-state index is 0.0896. The van der Waals surface area contributed by atoms with E-state index in [9.17, 15) is 4.79 Å². The summed E-state index contributed by atoms with van der Waals surface area (Å²) >= 11 is 0. The molecular formula is C21H20N4O. The van der Waals surface area contributed by atoms with E-state index in [-0.39, 0.29) is 5.91 Å². The van der Waals surface area contributed by atoms with Crippen LogP contribution in [0.1, 0.15) is 27.4 Å². The van der Waals surface area contributed by atoms with Crippen LogP contribution in [0.5, 0.6) is 0 Å². The number of amides is 1. The van der Waals surface area contributed by atoms with Gasteiger partial charge in [0.05, 0.1) is 0 Å². The van der Waals surface area contributed by atoms with Gasteiger partial charge in [-0.15, -0.1) is 0 Å². The highest BCUT2D eigenvalue weighted by molar-refractivity contribution is 6.06. The number of para-hydroxylation sites is 2. The highest BCUT2D eigenvalue weighted by Crippen LogP contribution is 2.29. The molecule has 0 saturated heterocycles. The van der Waals surface area contributed by atoms with Crippen LogP contribution in [0, 0.1) is 13.8 Å². The maximum Gasteiger partial charge on any atom is 0.277 e. The number of aromatic nitrogens is 2. The predicted octanol–water partition coefficient (Wildman–Crippen LogP) is 4.04. The standard InChI is InChI=1S/C21H20N4O/c1-14-7-3-5-9-17(14)24-20-13-18(22-15(2)23-20)21(26)25-12-11-16-8-4-6-10-19(16)25/h3-10,13H,11-12H2,1-2H3,(H,22,23,24). The van der Waals surface area contributed by atoms with Gasteiger partial charge in [0, 0.05) is 24.0 Å². The molecule has 1 aliphatic heterocycles. The van der Waals surface area contributed by atoms with Crippen LogP contribution in [0.4, 0.5) is 17.2 Å². The first-order valence-electron chi connectivity index (χ1n) is 8.70. The van der Waals surface area contributed by atoms with Gasteiger partial charge in [0.2, 0.25) is 0 Å². The van der Waals surface area contributed by atoms with E-state index in [0.717, 1.165) is 23.4 Å². The minimum Gasteiger partial charge on any atom is -0.340 e. The lowest BCUT2D eigenvalue weighted by molar-refractivity contribution is 0.0984. The third-order valence-corrected chi connectivity index (χ3v) is 4.60. The Morgan fingerprint density at radius 1 is 1.04 bits per heavy atom.